The van der Waals surface area contributed by atoms with Gasteiger partial charge in [-0.15, -0.1) is 11.8 Å². The van der Waals surface area contributed by atoms with Gasteiger partial charge < -0.3 is 10.5 Å². The number of aromatic nitrogens is 2. The second-order valence-corrected chi connectivity index (χ2v) is 5.82. The standard InChI is InChI=1S/C14H17N3OS/c1-17-7-6-10(16-17)8-11(15)13-9-19-14-5-3-2-4-12(14)18-13/h2-7,11,13H,8-9,15H2,1H3. The lowest BCUT2D eigenvalue weighted by molar-refractivity contribution is 0.183. The number of thioether (sulfide) groups is 1. The van der Waals surface area contributed by atoms with Crippen molar-refractivity contribution in [3.63, 3.8) is 0 Å². The molecule has 2 heterocycles. The van der Waals surface area contributed by atoms with Crippen LogP contribution in [0.25, 0.3) is 0 Å². The van der Waals surface area contributed by atoms with Gasteiger partial charge in [0.25, 0.3) is 0 Å². The van der Waals surface area contributed by atoms with Gasteiger partial charge in [0.15, 0.2) is 0 Å². The number of hydrogen-bond donors (Lipinski definition) is 1. The Kier molecular flexibility index (Phi) is 3.48. The van der Waals surface area contributed by atoms with Crippen molar-refractivity contribution in [1.82, 2.24) is 9.78 Å². The lowest BCUT2D eigenvalue weighted by atomic mass is 10.1. The molecule has 0 radical (unpaired) electrons. The van der Waals surface area contributed by atoms with Gasteiger partial charge in [-0.25, -0.2) is 0 Å². The van der Waals surface area contributed by atoms with Crippen LogP contribution in [0, 0.1) is 0 Å². The number of aryl methyl sites for hydroxylation is 1. The molecule has 0 saturated carbocycles. The van der Waals surface area contributed by atoms with Gasteiger partial charge in [0, 0.05) is 36.4 Å². The fourth-order valence-electron chi connectivity index (χ4n) is 2.19. The van der Waals surface area contributed by atoms with Crippen LogP contribution in [0.4, 0.5) is 0 Å². The number of para-hydroxylation sites is 1. The first-order chi connectivity index (χ1) is 9.22. The summed E-state index contributed by atoms with van der Waals surface area (Å²) in [5, 5.41) is 4.36. The largest absolute Gasteiger partial charge is 0.487 e. The second-order valence-electron chi connectivity index (χ2n) is 4.76. The van der Waals surface area contributed by atoms with Gasteiger partial charge in [-0.3, -0.25) is 4.68 Å². The minimum Gasteiger partial charge on any atom is -0.487 e. The number of fused-ring (bicyclic) bond motifs is 1. The Morgan fingerprint density at radius 1 is 1.47 bits per heavy atom. The van der Waals surface area contributed by atoms with E-state index in [4.69, 9.17) is 10.5 Å². The van der Waals surface area contributed by atoms with Crippen LogP contribution in [0.15, 0.2) is 41.4 Å². The molecule has 0 saturated heterocycles. The van der Waals surface area contributed by atoms with Crippen molar-refractivity contribution in [2.45, 2.75) is 23.5 Å². The van der Waals surface area contributed by atoms with Crippen molar-refractivity contribution in [3.05, 3.63) is 42.2 Å². The summed E-state index contributed by atoms with van der Waals surface area (Å²) in [6.45, 7) is 0. The van der Waals surface area contributed by atoms with Crippen LogP contribution in [0.1, 0.15) is 5.69 Å². The molecule has 0 bridgehead atoms. The lowest BCUT2D eigenvalue weighted by Gasteiger charge is -2.29. The van der Waals surface area contributed by atoms with Crippen LogP contribution in [-0.2, 0) is 13.5 Å². The summed E-state index contributed by atoms with van der Waals surface area (Å²) in [5.74, 6) is 1.84. The number of rotatable bonds is 3. The monoisotopic (exact) mass is 275 g/mol. The van der Waals surface area contributed by atoms with E-state index in [0.29, 0.717) is 0 Å². The van der Waals surface area contributed by atoms with Crippen molar-refractivity contribution in [2.24, 2.45) is 12.8 Å². The highest BCUT2D eigenvalue weighted by Gasteiger charge is 2.26. The van der Waals surface area contributed by atoms with Crippen molar-refractivity contribution in [2.75, 3.05) is 5.75 Å². The first kappa shape index (κ1) is 12.6. The maximum Gasteiger partial charge on any atom is 0.133 e. The fourth-order valence-corrected chi connectivity index (χ4v) is 3.28. The molecule has 3 rings (SSSR count). The molecule has 0 spiro atoms. The van der Waals surface area contributed by atoms with Crippen molar-refractivity contribution >= 4 is 11.8 Å². The Balaban J connectivity index is 1.67. The third-order valence-electron chi connectivity index (χ3n) is 3.22. The normalized spacial score (nSPS) is 19.6. The molecule has 2 N–H and O–H groups in total. The van der Waals surface area contributed by atoms with Gasteiger partial charge in [0.1, 0.15) is 11.9 Å². The summed E-state index contributed by atoms with van der Waals surface area (Å²) in [5.41, 5.74) is 7.28. The molecule has 1 aromatic heterocycles. The van der Waals surface area contributed by atoms with E-state index in [1.807, 2.05) is 49.3 Å². The fraction of sp³-hybridized carbons (Fsp3) is 0.357. The van der Waals surface area contributed by atoms with Crippen molar-refractivity contribution < 1.29 is 4.74 Å². The molecule has 100 valence electrons. The molecular weight excluding hydrogens is 258 g/mol. The average Bonchev–Trinajstić information content (AvgIpc) is 2.83. The summed E-state index contributed by atoms with van der Waals surface area (Å²) >= 11 is 1.81. The maximum atomic E-state index is 6.26. The zero-order valence-corrected chi connectivity index (χ0v) is 11.6. The molecule has 5 heteroatoms. The molecular formula is C14H17N3OS. The predicted molar refractivity (Wildman–Crippen MR) is 76.5 cm³/mol. The Labute approximate surface area is 116 Å². The van der Waals surface area contributed by atoms with Crippen molar-refractivity contribution in [3.8, 4) is 5.75 Å². The quantitative estimate of drug-likeness (QED) is 0.928. The molecule has 1 aliphatic rings. The summed E-state index contributed by atoms with van der Waals surface area (Å²) in [6, 6.07) is 10.1. The van der Waals surface area contributed by atoms with Crippen LogP contribution in [0.2, 0.25) is 0 Å². The number of nitrogens with zero attached hydrogens (tertiary/aromatic N) is 2. The minimum absolute atomic E-state index is 0.0317. The third-order valence-corrected chi connectivity index (χ3v) is 4.37. The summed E-state index contributed by atoms with van der Waals surface area (Å²) in [7, 11) is 1.91. The van der Waals surface area contributed by atoms with E-state index in [-0.39, 0.29) is 12.1 Å². The SMILES string of the molecule is Cn1ccc(CC(N)C2CSc3ccccc3O2)n1. The lowest BCUT2D eigenvalue weighted by Crippen LogP contribution is -2.43. The predicted octanol–water partition coefficient (Wildman–Crippen LogP) is 1.84. The number of nitrogens with two attached hydrogens (primary N) is 1. The molecule has 4 nitrogen and oxygen atoms in total. The highest BCUT2D eigenvalue weighted by atomic mass is 32.2. The van der Waals surface area contributed by atoms with E-state index >= 15 is 0 Å². The Hall–Kier alpha value is -1.46. The Bertz CT molecular complexity index is 569. The van der Waals surface area contributed by atoms with Crippen LogP contribution < -0.4 is 10.5 Å². The summed E-state index contributed by atoms with van der Waals surface area (Å²) in [4.78, 5) is 1.20. The first-order valence-electron chi connectivity index (χ1n) is 6.35. The van der Waals surface area contributed by atoms with E-state index in [0.717, 1.165) is 23.6 Å². The van der Waals surface area contributed by atoms with Gasteiger partial charge in [0.05, 0.1) is 5.69 Å². The molecule has 2 atom stereocenters. The Morgan fingerprint density at radius 2 is 2.32 bits per heavy atom. The molecule has 2 unspecified atom stereocenters. The maximum absolute atomic E-state index is 6.26. The molecule has 2 aromatic rings. The van der Waals surface area contributed by atoms with Gasteiger partial charge in [0.2, 0.25) is 0 Å². The molecule has 0 aliphatic carbocycles. The summed E-state index contributed by atoms with van der Waals surface area (Å²) in [6.07, 6.45) is 2.73. The third kappa shape index (κ3) is 2.77. The van der Waals surface area contributed by atoms with Gasteiger partial charge in [-0.1, -0.05) is 12.1 Å². The zero-order valence-electron chi connectivity index (χ0n) is 10.8. The first-order valence-corrected chi connectivity index (χ1v) is 7.33. The van der Waals surface area contributed by atoms with E-state index < -0.39 is 0 Å². The van der Waals surface area contributed by atoms with Gasteiger partial charge >= 0.3 is 0 Å². The molecule has 0 fully saturated rings. The molecule has 0 amide bonds. The Morgan fingerprint density at radius 3 is 3.11 bits per heavy atom. The molecule has 1 aromatic carbocycles. The topological polar surface area (TPSA) is 53.1 Å². The van der Waals surface area contributed by atoms with Gasteiger partial charge in [-0.05, 0) is 18.2 Å². The zero-order chi connectivity index (χ0) is 13.2. The minimum atomic E-state index is -0.0317. The highest BCUT2D eigenvalue weighted by molar-refractivity contribution is 7.99. The van der Waals surface area contributed by atoms with Gasteiger partial charge in [-0.2, -0.15) is 5.10 Å². The number of hydrogen-bond acceptors (Lipinski definition) is 4. The van der Waals surface area contributed by atoms with Crippen LogP contribution in [0.5, 0.6) is 5.75 Å². The van der Waals surface area contributed by atoms with E-state index in [1.165, 1.54) is 4.90 Å². The molecule has 1 aliphatic heterocycles. The molecule has 19 heavy (non-hydrogen) atoms. The van der Waals surface area contributed by atoms with E-state index in [2.05, 4.69) is 11.2 Å². The van der Waals surface area contributed by atoms with Crippen LogP contribution in [-0.4, -0.2) is 27.7 Å². The van der Waals surface area contributed by atoms with Crippen molar-refractivity contribution in [1.29, 1.82) is 0 Å². The van der Waals surface area contributed by atoms with E-state index in [1.54, 1.807) is 4.68 Å². The smallest absolute Gasteiger partial charge is 0.133 e. The number of benzene rings is 1. The second kappa shape index (κ2) is 5.27. The van der Waals surface area contributed by atoms with Crippen LogP contribution >= 0.6 is 11.8 Å². The average molecular weight is 275 g/mol. The number of ether oxygens (including phenoxy) is 1. The van der Waals surface area contributed by atoms with Crippen LogP contribution in [0.3, 0.4) is 0 Å². The van der Waals surface area contributed by atoms with E-state index in [9.17, 15) is 0 Å². The highest BCUT2D eigenvalue weighted by Crippen LogP contribution is 2.35. The summed E-state index contributed by atoms with van der Waals surface area (Å²) < 4.78 is 7.79.